The molecule has 1 aliphatic rings. The van der Waals surface area contributed by atoms with Gasteiger partial charge in [-0.05, 0) is 61.6 Å². The summed E-state index contributed by atoms with van der Waals surface area (Å²) in [5.74, 6) is -0.0701. The number of carbonyl (C=O) groups is 1. The molecule has 0 spiro atoms. The van der Waals surface area contributed by atoms with Crippen molar-refractivity contribution in [2.24, 2.45) is 0 Å². The molecule has 1 aliphatic heterocycles. The van der Waals surface area contributed by atoms with Crippen molar-refractivity contribution in [3.63, 3.8) is 0 Å². The first kappa shape index (κ1) is 17.6. The summed E-state index contributed by atoms with van der Waals surface area (Å²) in [6.45, 7) is 5.04. The number of amides is 1. The summed E-state index contributed by atoms with van der Waals surface area (Å²) < 4.78 is 23.5. The quantitative estimate of drug-likeness (QED) is 0.826. The SMILES string of the molecule is Cc1ccc(C(=O)N2CCc3ccc(S(C)(=O)=O)cc3CC2)nc1C. The van der Waals surface area contributed by atoms with Gasteiger partial charge in [0.25, 0.3) is 5.91 Å². The zero-order chi connectivity index (χ0) is 18.2. The summed E-state index contributed by atoms with van der Waals surface area (Å²) >= 11 is 0. The van der Waals surface area contributed by atoms with Crippen LogP contribution in [0.25, 0.3) is 0 Å². The molecule has 5 nitrogen and oxygen atoms in total. The average Bonchev–Trinajstić information content (AvgIpc) is 2.78. The minimum absolute atomic E-state index is 0.0701. The monoisotopic (exact) mass is 358 g/mol. The lowest BCUT2D eigenvalue weighted by molar-refractivity contribution is 0.0757. The van der Waals surface area contributed by atoms with E-state index in [0.717, 1.165) is 28.8 Å². The smallest absolute Gasteiger partial charge is 0.272 e. The van der Waals surface area contributed by atoms with Crippen LogP contribution in [-0.4, -0.2) is 43.6 Å². The number of aryl methyl sites for hydroxylation is 2. The molecular formula is C19H22N2O3S. The van der Waals surface area contributed by atoms with Crippen molar-refractivity contribution in [1.29, 1.82) is 0 Å². The number of nitrogens with zero attached hydrogens (tertiary/aromatic N) is 2. The number of benzene rings is 1. The van der Waals surface area contributed by atoms with Gasteiger partial charge in [0.15, 0.2) is 9.84 Å². The molecule has 0 fully saturated rings. The van der Waals surface area contributed by atoms with Gasteiger partial charge >= 0.3 is 0 Å². The predicted molar refractivity (Wildman–Crippen MR) is 96.6 cm³/mol. The Morgan fingerprint density at radius 3 is 2.36 bits per heavy atom. The second-order valence-corrected chi connectivity index (χ2v) is 8.61. The van der Waals surface area contributed by atoms with E-state index >= 15 is 0 Å². The van der Waals surface area contributed by atoms with Crippen molar-refractivity contribution in [2.75, 3.05) is 19.3 Å². The molecule has 6 heteroatoms. The standard InChI is InChI=1S/C19H22N2O3S/c1-13-4-7-18(20-14(13)2)19(22)21-10-8-15-5-6-17(25(3,23)24)12-16(15)9-11-21/h4-7,12H,8-11H2,1-3H3. The van der Waals surface area contributed by atoms with Gasteiger partial charge in [-0.15, -0.1) is 0 Å². The molecule has 1 aromatic carbocycles. The third kappa shape index (κ3) is 3.74. The number of hydrogen-bond donors (Lipinski definition) is 0. The van der Waals surface area contributed by atoms with Crippen molar-refractivity contribution < 1.29 is 13.2 Å². The highest BCUT2D eigenvalue weighted by Crippen LogP contribution is 2.21. The molecule has 1 aromatic heterocycles. The Hall–Kier alpha value is -2.21. The van der Waals surface area contributed by atoms with E-state index in [1.807, 2.05) is 26.0 Å². The Morgan fingerprint density at radius 2 is 1.72 bits per heavy atom. The van der Waals surface area contributed by atoms with Gasteiger partial charge in [-0.2, -0.15) is 0 Å². The zero-order valence-corrected chi connectivity index (χ0v) is 15.6. The molecule has 3 rings (SSSR count). The minimum Gasteiger partial charge on any atom is -0.337 e. The maximum absolute atomic E-state index is 12.8. The van der Waals surface area contributed by atoms with E-state index < -0.39 is 9.84 Å². The molecule has 25 heavy (non-hydrogen) atoms. The number of hydrogen-bond acceptors (Lipinski definition) is 4. The summed E-state index contributed by atoms with van der Waals surface area (Å²) in [5.41, 5.74) is 4.50. The summed E-state index contributed by atoms with van der Waals surface area (Å²) in [5, 5.41) is 0. The number of pyridine rings is 1. The maximum atomic E-state index is 12.8. The number of aromatic nitrogens is 1. The van der Waals surface area contributed by atoms with Crippen molar-refractivity contribution in [3.8, 4) is 0 Å². The first-order valence-electron chi connectivity index (χ1n) is 8.31. The van der Waals surface area contributed by atoms with E-state index in [9.17, 15) is 13.2 Å². The van der Waals surface area contributed by atoms with Crippen molar-refractivity contribution in [3.05, 3.63) is 58.4 Å². The summed E-state index contributed by atoms with van der Waals surface area (Å²) in [6, 6.07) is 8.95. The van der Waals surface area contributed by atoms with Gasteiger partial charge in [-0.1, -0.05) is 12.1 Å². The van der Waals surface area contributed by atoms with E-state index in [-0.39, 0.29) is 5.91 Å². The van der Waals surface area contributed by atoms with E-state index in [2.05, 4.69) is 4.98 Å². The van der Waals surface area contributed by atoms with E-state index in [1.54, 1.807) is 23.1 Å². The van der Waals surface area contributed by atoms with E-state index in [1.165, 1.54) is 6.26 Å². The topological polar surface area (TPSA) is 67.3 Å². The van der Waals surface area contributed by atoms with Gasteiger partial charge in [-0.3, -0.25) is 4.79 Å². The summed E-state index contributed by atoms with van der Waals surface area (Å²) in [4.78, 5) is 19.3. The van der Waals surface area contributed by atoms with Crippen LogP contribution in [0.4, 0.5) is 0 Å². The maximum Gasteiger partial charge on any atom is 0.272 e. The molecule has 0 radical (unpaired) electrons. The van der Waals surface area contributed by atoms with Gasteiger partial charge in [0, 0.05) is 25.0 Å². The van der Waals surface area contributed by atoms with E-state index in [0.29, 0.717) is 30.1 Å². The molecule has 0 bridgehead atoms. The Balaban J connectivity index is 1.82. The predicted octanol–water partition coefficient (Wildman–Crippen LogP) is 2.34. The lowest BCUT2D eigenvalue weighted by Crippen LogP contribution is -2.34. The Kier molecular flexibility index (Phi) is 4.64. The Bertz CT molecular complexity index is 936. The highest BCUT2D eigenvalue weighted by molar-refractivity contribution is 7.90. The van der Waals surface area contributed by atoms with Crippen LogP contribution in [0.2, 0.25) is 0 Å². The molecule has 132 valence electrons. The number of rotatable bonds is 2. The molecule has 0 saturated heterocycles. The lowest BCUT2D eigenvalue weighted by atomic mass is 10.0. The van der Waals surface area contributed by atoms with Crippen LogP contribution >= 0.6 is 0 Å². The highest BCUT2D eigenvalue weighted by Gasteiger charge is 2.22. The zero-order valence-electron chi connectivity index (χ0n) is 14.7. The molecule has 0 aliphatic carbocycles. The van der Waals surface area contributed by atoms with Gasteiger partial charge in [0.05, 0.1) is 4.90 Å². The molecular weight excluding hydrogens is 336 g/mol. The van der Waals surface area contributed by atoms with Crippen LogP contribution in [0, 0.1) is 13.8 Å². The van der Waals surface area contributed by atoms with Crippen LogP contribution in [0.1, 0.15) is 32.9 Å². The van der Waals surface area contributed by atoms with Gasteiger partial charge in [0.2, 0.25) is 0 Å². The molecule has 2 heterocycles. The fourth-order valence-corrected chi connectivity index (χ4v) is 3.72. The van der Waals surface area contributed by atoms with Crippen LogP contribution in [0.5, 0.6) is 0 Å². The van der Waals surface area contributed by atoms with Crippen molar-refractivity contribution in [2.45, 2.75) is 31.6 Å². The highest BCUT2D eigenvalue weighted by atomic mass is 32.2. The first-order valence-corrected chi connectivity index (χ1v) is 10.2. The van der Waals surface area contributed by atoms with Crippen molar-refractivity contribution in [1.82, 2.24) is 9.88 Å². The summed E-state index contributed by atoms with van der Waals surface area (Å²) in [7, 11) is -3.22. The number of sulfone groups is 1. The van der Waals surface area contributed by atoms with Crippen LogP contribution in [-0.2, 0) is 22.7 Å². The molecule has 0 atom stereocenters. The van der Waals surface area contributed by atoms with Crippen LogP contribution in [0.15, 0.2) is 35.2 Å². The molecule has 1 amide bonds. The first-order chi connectivity index (χ1) is 11.8. The minimum atomic E-state index is -3.22. The van der Waals surface area contributed by atoms with E-state index in [4.69, 9.17) is 0 Å². The largest absolute Gasteiger partial charge is 0.337 e. The second kappa shape index (κ2) is 6.59. The average molecular weight is 358 g/mol. The fourth-order valence-electron chi connectivity index (χ4n) is 3.05. The van der Waals surface area contributed by atoms with Crippen LogP contribution < -0.4 is 0 Å². The third-order valence-electron chi connectivity index (χ3n) is 4.76. The lowest BCUT2D eigenvalue weighted by Gasteiger charge is -2.20. The molecule has 0 N–H and O–H groups in total. The molecule has 0 saturated carbocycles. The van der Waals surface area contributed by atoms with Gasteiger partial charge in [0.1, 0.15) is 5.69 Å². The third-order valence-corrected chi connectivity index (χ3v) is 5.87. The van der Waals surface area contributed by atoms with Crippen molar-refractivity contribution >= 4 is 15.7 Å². The normalized spacial score (nSPS) is 14.8. The number of carbonyl (C=O) groups excluding carboxylic acids is 1. The number of fused-ring (bicyclic) bond motifs is 1. The van der Waals surface area contributed by atoms with Gasteiger partial charge < -0.3 is 4.90 Å². The Morgan fingerprint density at radius 1 is 1.04 bits per heavy atom. The second-order valence-electron chi connectivity index (χ2n) is 6.59. The molecule has 0 unspecified atom stereocenters. The molecule has 2 aromatic rings. The summed E-state index contributed by atoms with van der Waals surface area (Å²) in [6.07, 6.45) is 2.58. The Labute approximate surface area is 148 Å². The van der Waals surface area contributed by atoms with Crippen LogP contribution in [0.3, 0.4) is 0 Å². The van der Waals surface area contributed by atoms with Gasteiger partial charge in [-0.25, -0.2) is 13.4 Å². The fraction of sp³-hybridized carbons (Fsp3) is 0.368.